The fraction of sp³-hybridized carbons (Fsp3) is 0.556. The topological polar surface area (TPSA) is 67.9 Å². The van der Waals surface area contributed by atoms with E-state index in [-0.39, 0.29) is 23.8 Å². The molecular formula is C18H26N2O4. The normalized spacial score (nSPS) is 13.3. The Morgan fingerprint density at radius 3 is 2.46 bits per heavy atom. The lowest BCUT2D eigenvalue weighted by atomic mass is 9.91. The molecule has 1 aromatic rings. The Bertz CT molecular complexity index is 608. The molecular weight excluding hydrogens is 308 g/mol. The summed E-state index contributed by atoms with van der Waals surface area (Å²) in [5.74, 6) is 1.06. The van der Waals surface area contributed by atoms with Crippen molar-refractivity contribution in [3.05, 3.63) is 18.2 Å². The number of nitrogens with one attached hydrogen (secondary N) is 1. The SMILES string of the molecule is CCN(CC(=O)Nc1ccc2c(c1)OCCO2)C(=O)CC(C)(C)C. The Morgan fingerprint density at radius 2 is 1.83 bits per heavy atom. The van der Waals surface area contributed by atoms with Gasteiger partial charge in [-0.25, -0.2) is 0 Å². The van der Waals surface area contributed by atoms with Crippen molar-refractivity contribution in [2.75, 3.05) is 31.6 Å². The maximum absolute atomic E-state index is 12.3. The summed E-state index contributed by atoms with van der Waals surface area (Å²) in [6, 6.07) is 5.27. The fourth-order valence-corrected chi connectivity index (χ4v) is 2.44. The monoisotopic (exact) mass is 334 g/mol. The smallest absolute Gasteiger partial charge is 0.243 e. The van der Waals surface area contributed by atoms with Crippen LogP contribution in [-0.2, 0) is 9.59 Å². The number of carbonyl (C=O) groups excluding carboxylic acids is 2. The summed E-state index contributed by atoms with van der Waals surface area (Å²) in [5.41, 5.74) is 0.528. The molecule has 1 N–H and O–H groups in total. The average Bonchev–Trinajstić information content (AvgIpc) is 2.50. The molecule has 24 heavy (non-hydrogen) atoms. The molecule has 0 atom stereocenters. The van der Waals surface area contributed by atoms with Gasteiger partial charge in [0.2, 0.25) is 11.8 Å². The quantitative estimate of drug-likeness (QED) is 0.899. The summed E-state index contributed by atoms with van der Waals surface area (Å²) >= 11 is 0. The van der Waals surface area contributed by atoms with Crippen LogP contribution in [0, 0.1) is 5.41 Å². The largest absolute Gasteiger partial charge is 0.486 e. The third kappa shape index (κ3) is 5.15. The number of fused-ring (bicyclic) bond motifs is 1. The first-order valence-electron chi connectivity index (χ1n) is 8.26. The summed E-state index contributed by atoms with van der Waals surface area (Å²) in [6.07, 6.45) is 0.415. The summed E-state index contributed by atoms with van der Waals surface area (Å²) < 4.78 is 11.0. The molecule has 1 heterocycles. The average molecular weight is 334 g/mol. The van der Waals surface area contributed by atoms with Gasteiger partial charge in [-0.3, -0.25) is 9.59 Å². The van der Waals surface area contributed by atoms with Crippen molar-refractivity contribution in [3.8, 4) is 11.5 Å². The number of likely N-dealkylation sites (N-methyl/N-ethyl adjacent to an activating group) is 1. The highest BCUT2D eigenvalue weighted by Crippen LogP contribution is 2.32. The van der Waals surface area contributed by atoms with Crippen LogP contribution in [0.2, 0.25) is 0 Å². The lowest BCUT2D eigenvalue weighted by Crippen LogP contribution is -2.39. The van der Waals surface area contributed by atoms with E-state index in [2.05, 4.69) is 5.32 Å². The number of hydrogen-bond acceptors (Lipinski definition) is 4. The van der Waals surface area contributed by atoms with Gasteiger partial charge < -0.3 is 19.7 Å². The standard InChI is InChI=1S/C18H26N2O4/c1-5-20(17(22)11-18(2,3)4)12-16(21)19-13-6-7-14-15(10-13)24-9-8-23-14/h6-7,10H,5,8-9,11-12H2,1-4H3,(H,19,21). The van der Waals surface area contributed by atoms with Crippen LogP contribution in [0.25, 0.3) is 0 Å². The Hall–Kier alpha value is -2.24. The Labute approximate surface area is 143 Å². The molecule has 1 aliphatic heterocycles. The van der Waals surface area contributed by atoms with E-state index in [1.165, 1.54) is 0 Å². The third-order valence-electron chi connectivity index (χ3n) is 3.58. The van der Waals surface area contributed by atoms with E-state index in [0.717, 1.165) is 0 Å². The lowest BCUT2D eigenvalue weighted by molar-refractivity contribution is -0.136. The highest BCUT2D eigenvalue weighted by molar-refractivity contribution is 5.94. The molecule has 0 spiro atoms. The maximum Gasteiger partial charge on any atom is 0.243 e. The molecule has 2 amide bonds. The van der Waals surface area contributed by atoms with Gasteiger partial charge in [0.1, 0.15) is 13.2 Å². The van der Waals surface area contributed by atoms with Crippen LogP contribution in [0.3, 0.4) is 0 Å². The molecule has 2 rings (SSSR count). The highest BCUT2D eigenvalue weighted by atomic mass is 16.6. The minimum atomic E-state index is -0.226. The molecule has 0 aromatic heterocycles. The number of amides is 2. The van der Waals surface area contributed by atoms with E-state index >= 15 is 0 Å². The second-order valence-electron chi connectivity index (χ2n) is 7.05. The van der Waals surface area contributed by atoms with E-state index in [9.17, 15) is 9.59 Å². The van der Waals surface area contributed by atoms with Crippen LogP contribution in [-0.4, -0.2) is 43.0 Å². The van der Waals surface area contributed by atoms with Crippen LogP contribution < -0.4 is 14.8 Å². The second kappa shape index (κ2) is 7.55. The minimum absolute atomic E-state index is 0.0117. The number of rotatable bonds is 5. The summed E-state index contributed by atoms with van der Waals surface area (Å²) in [4.78, 5) is 26.1. The van der Waals surface area contributed by atoms with Gasteiger partial charge in [0, 0.05) is 24.7 Å². The van der Waals surface area contributed by atoms with Gasteiger partial charge >= 0.3 is 0 Å². The number of nitrogens with zero attached hydrogens (tertiary/aromatic N) is 1. The van der Waals surface area contributed by atoms with Crippen molar-refractivity contribution < 1.29 is 19.1 Å². The molecule has 0 radical (unpaired) electrons. The molecule has 6 nitrogen and oxygen atoms in total. The zero-order valence-corrected chi connectivity index (χ0v) is 14.8. The fourth-order valence-electron chi connectivity index (χ4n) is 2.44. The van der Waals surface area contributed by atoms with Crippen LogP contribution in [0.4, 0.5) is 5.69 Å². The Kier molecular flexibility index (Phi) is 5.70. The van der Waals surface area contributed by atoms with E-state index in [1.807, 2.05) is 27.7 Å². The van der Waals surface area contributed by atoms with Crippen molar-refractivity contribution in [3.63, 3.8) is 0 Å². The molecule has 0 unspecified atom stereocenters. The van der Waals surface area contributed by atoms with Crippen LogP contribution in [0.15, 0.2) is 18.2 Å². The highest BCUT2D eigenvalue weighted by Gasteiger charge is 2.22. The molecule has 0 bridgehead atoms. The van der Waals surface area contributed by atoms with Gasteiger partial charge in [0.15, 0.2) is 11.5 Å². The Morgan fingerprint density at radius 1 is 1.17 bits per heavy atom. The predicted octanol–water partition coefficient (Wildman–Crippen LogP) is 2.68. The van der Waals surface area contributed by atoms with Gasteiger partial charge in [-0.1, -0.05) is 20.8 Å². The first-order chi connectivity index (χ1) is 11.3. The van der Waals surface area contributed by atoms with E-state index in [4.69, 9.17) is 9.47 Å². The lowest BCUT2D eigenvalue weighted by Gasteiger charge is -2.25. The Balaban J connectivity index is 1.95. The van der Waals surface area contributed by atoms with Gasteiger partial charge in [-0.05, 0) is 24.5 Å². The van der Waals surface area contributed by atoms with Crippen molar-refractivity contribution >= 4 is 17.5 Å². The maximum atomic E-state index is 12.3. The van der Waals surface area contributed by atoms with Crippen LogP contribution in [0.5, 0.6) is 11.5 Å². The van der Waals surface area contributed by atoms with E-state index in [0.29, 0.717) is 43.4 Å². The van der Waals surface area contributed by atoms with Gasteiger partial charge in [-0.15, -0.1) is 0 Å². The van der Waals surface area contributed by atoms with Gasteiger partial charge in [0.05, 0.1) is 6.54 Å². The molecule has 132 valence electrons. The third-order valence-corrected chi connectivity index (χ3v) is 3.58. The van der Waals surface area contributed by atoms with Crippen LogP contribution in [0.1, 0.15) is 34.1 Å². The minimum Gasteiger partial charge on any atom is -0.486 e. The van der Waals surface area contributed by atoms with Crippen molar-refractivity contribution in [1.82, 2.24) is 4.90 Å². The summed E-state index contributed by atoms with van der Waals surface area (Å²) in [5, 5.41) is 2.81. The molecule has 0 aliphatic carbocycles. The molecule has 6 heteroatoms. The van der Waals surface area contributed by atoms with Crippen molar-refractivity contribution in [2.45, 2.75) is 34.1 Å². The number of benzene rings is 1. The van der Waals surface area contributed by atoms with Crippen molar-refractivity contribution in [1.29, 1.82) is 0 Å². The van der Waals surface area contributed by atoms with Gasteiger partial charge in [0.25, 0.3) is 0 Å². The zero-order chi connectivity index (χ0) is 17.7. The first-order valence-corrected chi connectivity index (χ1v) is 8.26. The first kappa shape index (κ1) is 18.1. The number of anilines is 1. The summed E-state index contributed by atoms with van der Waals surface area (Å²) in [6.45, 7) is 9.46. The molecule has 1 aliphatic rings. The number of ether oxygens (including phenoxy) is 2. The number of hydrogen-bond donors (Lipinski definition) is 1. The number of carbonyl (C=O) groups is 2. The van der Waals surface area contributed by atoms with Crippen LogP contribution >= 0.6 is 0 Å². The predicted molar refractivity (Wildman–Crippen MR) is 92.4 cm³/mol. The zero-order valence-electron chi connectivity index (χ0n) is 14.8. The second-order valence-corrected chi connectivity index (χ2v) is 7.05. The molecule has 0 fully saturated rings. The van der Waals surface area contributed by atoms with Crippen molar-refractivity contribution in [2.24, 2.45) is 5.41 Å². The van der Waals surface area contributed by atoms with E-state index < -0.39 is 0 Å². The van der Waals surface area contributed by atoms with Gasteiger partial charge in [-0.2, -0.15) is 0 Å². The molecule has 0 saturated heterocycles. The molecule has 0 saturated carbocycles. The summed E-state index contributed by atoms with van der Waals surface area (Å²) in [7, 11) is 0. The molecule has 1 aromatic carbocycles. The van der Waals surface area contributed by atoms with E-state index in [1.54, 1.807) is 23.1 Å².